The molecule has 4 aromatic heterocycles. The summed E-state index contributed by atoms with van der Waals surface area (Å²) < 4.78 is 21.2. The Hall–Kier alpha value is -4.78. The number of benzene rings is 2. The van der Waals surface area contributed by atoms with E-state index in [4.69, 9.17) is 4.74 Å². The number of aromatic nitrogens is 4. The summed E-state index contributed by atoms with van der Waals surface area (Å²) in [7, 11) is 0. The van der Waals surface area contributed by atoms with E-state index in [0.29, 0.717) is 29.9 Å². The fourth-order valence-electron chi connectivity index (χ4n) is 4.79. The lowest BCUT2D eigenvalue weighted by Crippen LogP contribution is -2.10. The first-order valence-corrected chi connectivity index (χ1v) is 12.5. The molecule has 4 heterocycles. The number of aromatic amines is 1. The van der Waals surface area contributed by atoms with Gasteiger partial charge < -0.3 is 9.72 Å². The minimum Gasteiger partial charge on any atom is -0.461 e. The number of aryl methyl sites for hydroxylation is 2. The van der Waals surface area contributed by atoms with Crippen LogP contribution in [0, 0.1) is 12.7 Å². The van der Waals surface area contributed by atoms with Gasteiger partial charge in [-0.2, -0.15) is 0 Å². The molecule has 38 heavy (non-hydrogen) atoms. The molecule has 0 spiro atoms. The second-order valence-corrected chi connectivity index (χ2v) is 9.25. The number of pyridine rings is 2. The number of hydrogen-bond donors (Lipinski definition) is 1. The average molecular weight is 505 g/mol. The van der Waals surface area contributed by atoms with Crippen LogP contribution in [0.15, 0.2) is 91.5 Å². The minimum atomic E-state index is -0.422. The third-order valence-corrected chi connectivity index (χ3v) is 6.76. The van der Waals surface area contributed by atoms with Crippen LogP contribution in [0.25, 0.3) is 38.9 Å². The van der Waals surface area contributed by atoms with Crippen LogP contribution >= 0.6 is 0 Å². The zero-order valence-electron chi connectivity index (χ0n) is 20.8. The highest BCUT2D eigenvalue weighted by atomic mass is 19.1. The maximum atomic E-state index is 13.9. The number of esters is 1. The number of carbonyl (C=O) groups excluding carboxylic acids is 1. The Kier molecular flexibility index (Phi) is 6.17. The third kappa shape index (κ3) is 4.43. The maximum Gasteiger partial charge on any atom is 0.356 e. The van der Waals surface area contributed by atoms with Gasteiger partial charge in [0.2, 0.25) is 0 Å². The predicted octanol–water partition coefficient (Wildman–Crippen LogP) is 6.78. The van der Waals surface area contributed by atoms with E-state index in [2.05, 4.69) is 21.0 Å². The lowest BCUT2D eigenvalue weighted by atomic mass is 9.99. The molecule has 0 amide bonds. The molecule has 0 aliphatic rings. The van der Waals surface area contributed by atoms with E-state index in [9.17, 15) is 9.18 Å². The zero-order valence-corrected chi connectivity index (χ0v) is 20.8. The van der Waals surface area contributed by atoms with Crippen molar-refractivity contribution in [3.05, 3.63) is 114 Å². The first-order valence-electron chi connectivity index (χ1n) is 12.5. The van der Waals surface area contributed by atoms with Gasteiger partial charge in [0.05, 0.1) is 18.5 Å². The Morgan fingerprint density at radius 3 is 2.79 bits per heavy atom. The second kappa shape index (κ2) is 9.94. The van der Waals surface area contributed by atoms with Crippen LogP contribution in [-0.2, 0) is 11.2 Å². The average Bonchev–Trinajstić information content (AvgIpc) is 3.56. The molecule has 0 atom stereocenters. The van der Waals surface area contributed by atoms with Crippen LogP contribution in [0.5, 0.6) is 0 Å². The van der Waals surface area contributed by atoms with Gasteiger partial charge in [0, 0.05) is 46.2 Å². The Bertz CT molecular complexity index is 1790. The minimum absolute atomic E-state index is 0.254. The molecular weight excluding hydrogens is 479 g/mol. The number of rotatable bonds is 7. The number of ether oxygens (including phenoxy) is 1. The summed E-state index contributed by atoms with van der Waals surface area (Å²) in [5, 5.41) is 1.19. The van der Waals surface area contributed by atoms with Crippen LogP contribution in [0.3, 0.4) is 0 Å². The molecule has 6 aromatic rings. The Labute approximate surface area is 218 Å². The molecule has 0 aliphatic heterocycles. The van der Waals surface area contributed by atoms with Gasteiger partial charge in [-0.05, 0) is 73.4 Å². The summed E-state index contributed by atoms with van der Waals surface area (Å²) in [6, 6.07) is 20.7. The fourth-order valence-corrected chi connectivity index (χ4v) is 4.79. The first-order chi connectivity index (χ1) is 18.6. The van der Waals surface area contributed by atoms with E-state index in [0.717, 1.165) is 34.3 Å². The molecular formula is C31H25FN4O2. The number of hydrogen-bond acceptors (Lipinski definition) is 4. The Balaban J connectivity index is 1.21. The van der Waals surface area contributed by atoms with Gasteiger partial charge in [-0.15, -0.1) is 0 Å². The van der Waals surface area contributed by atoms with Crippen molar-refractivity contribution >= 4 is 22.5 Å². The van der Waals surface area contributed by atoms with E-state index in [1.54, 1.807) is 29.7 Å². The molecule has 0 aliphatic carbocycles. The largest absolute Gasteiger partial charge is 0.461 e. The van der Waals surface area contributed by atoms with E-state index in [-0.39, 0.29) is 5.82 Å². The SMILES string of the molecule is Cc1cc(-c2ncccc2-c2ccc3ncc(C(=O)OCCCc4c[nH]c5ccccc45)n3c2)ccc1F. The lowest BCUT2D eigenvalue weighted by Gasteiger charge is -2.11. The van der Waals surface area contributed by atoms with Gasteiger partial charge in [-0.3, -0.25) is 9.38 Å². The van der Waals surface area contributed by atoms with E-state index < -0.39 is 5.97 Å². The van der Waals surface area contributed by atoms with E-state index >= 15 is 0 Å². The number of para-hydroxylation sites is 1. The normalized spacial score (nSPS) is 11.3. The van der Waals surface area contributed by atoms with Crippen LogP contribution in [0.2, 0.25) is 0 Å². The van der Waals surface area contributed by atoms with Crippen LogP contribution < -0.4 is 0 Å². The summed E-state index contributed by atoms with van der Waals surface area (Å²) >= 11 is 0. The van der Waals surface area contributed by atoms with Crippen LogP contribution in [0.4, 0.5) is 4.39 Å². The van der Waals surface area contributed by atoms with E-state index in [1.165, 1.54) is 23.2 Å². The standard InChI is InChI=1S/C31H25FN4O2/c1-20-16-21(10-12-26(20)32)30-25(8-4-14-33-30)23-11-13-29-35-18-28(36(29)19-23)31(37)38-15-5-6-22-17-34-27-9-3-2-7-24(22)27/h2-4,7-14,16-19,34H,5-6,15H2,1H3. The molecule has 6 rings (SSSR count). The van der Waals surface area contributed by atoms with Crippen molar-refractivity contribution in [2.75, 3.05) is 6.61 Å². The molecule has 0 bridgehead atoms. The number of nitrogens with one attached hydrogen (secondary N) is 1. The van der Waals surface area contributed by atoms with Crippen molar-refractivity contribution in [1.82, 2.24) is 19.4 Å². The van der Waals surface area contributed by atoms with Crippen molar-refractivity contribution in [2.24, 2.45) is 0 Å². The predicted molar refractivity (Wildman–Crippen MR) is 145 cm³/mol. The Morgan fingerprint density at radius 2 is 1.89 bits per heavy atom. The summed E-state index contributed by atoms with van der Waals surface area (Å²) in [6.07, 6.45) is 8.65. The van der Waals surface area contributed by atoms with Crippen molar-refractivity contribution < 1.29 is 13.9 Å². The van der Waals surface area contributed by atoms with Crippen LogP contribution in [0.1, 0.15) is 28.0 Å². The molecule has 0 saturated carbocycles. The molecule has 0 unspecified atom stereocenters. The molecule has 0 saturated heterocycles. The highest BCUT2D eigenvalue weighted by Gasteiger charge is 2.16. The number of imidazole rings is 1. The summed E-state index contributed by atoms with van der Waals surface area (Å²) in [4.78, 5) is 25.2. The summed E-state index contributed by atoms with van der Waals surface area (Å²) in [6.45, 7) is 2.04. The van der Waals surface area contributed by atoms with Gasteiger partial charge in [-0.25, -0.2) is 14.2 Å². The highest BCUT2D eigenvalue weighted by Crippen LogP contribution is 2.31. The lowest BCUT2D eigenvalue weighted by molar-refractivity contribution is 0.0492. The van der Waals surface area contributed by atoms with E-state index in [1.807, 2.05) is 54.9 Å². The molecule has 2 aromatic carbocycles. The number of halogens is 1. The van der Waals surface area contributed by atoms with Gasteiger partial charge in [0.1, 0.15) is 11.5 Å². The topological polar surface area (TPSA) is 72.3 Å². The van der Waals surface area contributed by atoms with Gasteiger partial charge in [-0.1, -0.05) is 24.3 Å². The molecule has 1 N–H and O–H groups in total. The number of nitrogens with zero attached hydrogens (tertiary/aromatic N) is 3. The number of H-pyrrole nitrogens is 1. The first kappa shape index (κ1) is 23.6. The number of fused-ring (bicyclic) bond motifs is 2. The van der Waals surface area contributed by atoms with Crippen LogP contribution in [-0.4, -0.2) is 31.9 Å². The van der Waals surface area contributed by atoms with Gasteiger partial charge >= 0.3 is 5.97 Å². The van der Waals surface area contributed by atoms with Gasteiger partial charge in [0.15, 0.2) is 5.69 Å². The molecule has 6 nitrogen and oxygen atoms in total. The Morgan fingerprint density at radius 1 is 1.03 bits per heavy atom. The fraction of sp³-hybridized carbons (Fsp3) is 0.129. The molecule has 0 fully saturated rings. The van der Waals surface area contributed by atoms with Gasteiger partial charge in [0.25, 0.3) is 0 Å². The molecule has 188 valence electrons. The second-order valence-electron chi connectivity index (χ2n) is 9.25. The monoisotopic (exact) mass is 504 g/mol. The van der Waals surface area contributed by atoms with Crippen molar-refractivity contribution in [2.45, 2.75) is 19.8 Å². The van der Waals surface area contributed by atoms with Crippen molar-refractivity contribution in [1.29, 1.82) is 0 Å². The zero-order chi connectivity index (χ0) is 26.1. The maximum absolute atomic E-state index is 13.9. The number of carbonyl (C=O) groups is 1. The quantitative estimate of drug-likeness (QED) is 0.192. The summed E-state index contributed by atoms with van der Waals surface area (Å²) in [5.41, 5.74) is 7.14. The van der Waals surface area contributed by atoms with Crippen molar-refractivity contribution in [3.63, 3.8) is 0 Å². The molecule has 7 heteroatoms. The third-order valence-electron chi connectivity index (χ3n) is 6.76. The summed E-state index contributed by atoms with van der Waals surface area (Å²) in [5.74, 6) is -0.676. The van der Waals surface area contributed by atoms with Crippen molar-refractivity contribution in [3.8, 4) is 22.4 Å². The highest BCUT2D eigenvalue weighted by molar-refractivity contribution is 5.89. The smallest absolute Gasteiger partial charge is 0.356 e. The molecule has 0 radical (unpaired) electrons.